The molecule has 2 atom stereocenters. The number of carbonyl (C=O) groups excluding carboxylic acids is 1. The standard InChI is InChI=1S/C19H18F3NO4S/c20-19(21,22)14-8-6-13(7-9-14)12-17(24)23-16(18(25)26)10-11-28(27)15-4-2-1-3-5-15/h1-9,16H,10-12H2,(H,23,24)(H,25,26)/t16-,28+/m1/s1. The van der Waals surface area contributed by atoms with E-state index in [1.807, 2.05) is 0 Å². The minimum Gasteiger partial charge on any atom is -0.480 e. The minimum atomic E-state index is -4.47. The highest BCUT2D eigenvalue weighted by molar-refractivity contribution is 7.85. The number of amides is 1. The predicted octanol–water partition coefficient (Wildman–Crippen LogP) is 3.02. The highest BCUT2D eigenvalue weighted by atomic mass is 32.2. The largest absolute Gasteiger partial charge is 0.480 e. The SMILES string of the molecule is O=C(Cc1ccc(C(F)(F)F)cc1)N[C@H](CC[S@](=O)c1ccccc1)C(=O)O. The number of hydrogen-bond acceptors (Lipinski definition) is 3. The fourth-order valence-electron chi connectivity index (χ4n) is 2.41. The van der Waals surface area contributed by atoms with Crippen molar-refractivity contribution in [1.29, 1.82) is 0 Å². The van der Waals surface area contributed by atoms with E-state index < -0.39 is 40.5 Å². The molecule has 2 rings (SSSR count). The van der Waals surface area contributed by atoms with E-state index in [9.17, 15) is 32.1 Å². The summed E-state index contributed by atoms with van der Waals surface area (Å²) in [5.41, 5.74) is -0.508. The van der Waals surface area contributed by atoms with Crippen LogP contribution in [-0.2, 0) is 33.0 Å². The smallest absolute Gasteiger partial charge is 0.416 e. The van der Waals surface area contributed by atoms with Gasteiger partial charge in [0.25, 0.3) is 0 Å². The number of halogens is 3. The van der Waals surface area contributed by atoms with E-state index in [1.54, 1.807) is 30.3 Å². The number of alkyl halides is 3. The first kappa shape index (κ1) is 21.6. The average Bonchev–Trinajstić information content (AvgIpc) is 2.65. The monoisotopic (exact) mass is 413 g/mol. The third kappa shape index (κ3) is 6.49. The zero-order valence-electron chi connectivity index (χ0n) is 14.6. The second-order valence-corrected chi connectivity index (χ2v) is 7.55. The van der Waals surface area contributed by atoms with E-state index in [2.05, 4.69) is 5.32 Å². The van der Waals surface area contributed by atoms with Crippen LogP contribution < -0.4 is 5.32 Å². The summed E-state index contributed by atoms with van der Waals surface area (Å²) >= 11 is 0. The van der Waals surface area contributed by atoms with Gasteiger partial charge in [0.1, 0.15) is 6.04 Å². The molecule has 2 N–H and O–H groups in total. The van der Waals surface area contributed by atoms with Crippen molar-refractivity contribution in [2.24, 2.45) is 0 Å². The molecule has 0 aromatic heterocycles. The van der Waals surface area contributed by atoms with Crippen molar-refractivity contribution in [3.05, 3.63) is 65.7 Å². The van der Waals surface area contributed by atoms with Crippen LogP contribution in [0.1, 0.15) is 17.5 Å². The van der Waals surface area contributed by atoms with Crippen LogP contribution in [0.25, 0.3) is 0 Å². The zero-order valence-corrected chi connectivity index (χ0v) is 15.4. The first-order chi connectivity index (χ1) is 13.2. The van der Waals surface area contributed by atoms with Crippen molar-refractivity contribution in [1.82, 2.24) is 5.32 Å². The molecule has 0 radical (unpaired) electrons. The molecule has 150 valence electrons. The molecule has 0 aliphatic rings. The molecule has 0 aliphatic carbocycles. The zero-order chi connectivity index (χ0) is 20.7. The molecule has 0 saturated heterocycles. The lowest BCUT2D eigenvalue weighted by Gasteiger charge is -2.14. The highest BCUT2D eigenvalue weighted by Crippen LogP contribution is 2.29. The molecule has 9 heteroatoms. The predicted molar refractivity (Wildman–Crippen MR) is 97.0 cm³/mol. The highest BCUT2D eigenvalue weighted by Gasteiger charge is 2.30. The van der Waals surface area contributed by atoms with Crippen LogP contribution in [0.15, 0.2) is 59.5 Å². The molecule has 2 aromatic rings. The van der Waals surface area contributed by atoms with Gasteiger partial charge in [-0.3, -0.25) is 9.00 Å². The summed E-state index contributed by atoms with van der Waals surface area (Å²) in [6.45, 7) is 0. The Kier molecular flexibility index (Phi) is 7.33. The van der Waals surface area contributed by atoms with Gasteiger partial charge in [-0.2, -0.15) is 13.2 Å². The van der Waals surface area contributed by atoms with E-state index in [4.69, 9.17) is 0 Å². The normalized spacial score (nSPS) is 13.5. The van der Waals surface area contributed by atoms with Crippen LogP contribution in [0.3, 0.4) is 0 Å². The molecule has 1 amide bonds. The van der Waals surface area contributed by atoms with Gasteiger partial charge in [-0.1, -0.05) is 30.3 Å². The molecule has 28 heavy (non-hydrogen) atoms. The Bertz CT molecular complexity index is 839. The van der Waals surface area contributed by atoms with Crippen molar-refractivity contribution in [3.8, 4) is 0 Å². The fourth-order valence-corrected chi connectivity index (χ4v) is 3.56. The van der Waals surface area contributed by atoms with Crippen LogP contribution in [0.5, 0.6) is 0 Å². The van der Waals surface area contributed by atoms with Crippen molar-refractivity contribution in [2.75, 3.05) is 5.75 Å². The Morgan fingerprint density at radius 3 is 2.18 bits per heavy atom. The van der Waals surface area contributed by atoms with Gasteiger partial charge in [-0.05, 0) is 36.2 Å². The number of carboxylic acid groups (broad SMARTS) is 1. The van der Waals surface area contributed by atoms with Gasteiger partial charge in [0.05, 0.1) is 22.8 Å². The Balaban J connectivity index is 1.91. The Morgan fingerprint density at radius 1 is 1.04 bits per heavy atom. The van der Waals surface area contributed by atoms with Crippen LogP contribution >= 0.6 is 0 Å². The van der Waals surface area contributed by atoms with Crippen LogP contribution in [0, 0.1) is 0 Å². The Morgan fingerprint density at radius 2 is 1.64 bits per heavy atom. The minimum absolute atomic E-state index is 0.0432. The molecule has 0 spiro atoms. The molecule has 5 nitrogen and oxygen atoms in total. The number of carbonyl (C=O) groups is 2. The number of benzene rings is 2. The van der Waals surface area contributed by atoms with E-state index in [0.29, 0.717) is 10.5 Å². The summed E-state index contributed by atoms with van der Waals surface area (Å²) in [6.07, 6.45) is -4.77. The quantitative estimate of drug-likeness (QED) is 0.697. The molecule has 0 fully saturated rings. The van der Waals surface area contributed by atoms with Gasteiger partial charge in [0.15, 0.2) is 0 Å². The molecular weight excluding hydrogens is 395 g/mol. The number of rotatable bonds is 8. The second-order valence-electron chi connectivity index (χ2n) is 5.98. The van der Waals surface area contributed by atoms with Gasteiger partial charge in [0.2, 0.25) is 5.91 Å². The summed E-state index contributed by atoms with van der Waals surface area (Å²) in [5, 5.41) is 11.6. The van der Waals surface area contributed by atoms with Crippen molar-refractivity contribution >= 4 is 22.7 Å². The Labute approximate surface area is 162 Å². The van der Waals surface area contributed by atoms with E-state index in [1.165, 1.54) is 12.1 Å². The number of carboxylic acids is 1. The van der Waals surface area contributed by atoms with Gasteiger partial charge in [0, 0.05) is 10.6 Å². The number of hydrogen-bond donors (Lipinski definition) is 2. The maximum absolute atomic E-state index is 12.5. The second kappa shape index (κ2) is 9.50. The van der Waals surface area contributed by atoms with E-state index in [-0.39, 0.29) is 18.6 Å². The summed E-state index contributed by atoms with van der Waals surface area (Å²) in [7, 11) is -1.41. The Hall–Kier alpha value is -2.68. The van der Waals surface area contributed by atoms with Crippen molar-refractivity contribution in [3.63, 3.8) is 0 Å². The van der Waals surface area contributed by atoms with Gasteiger partial charge >= 0.3 is 12.1 Å². The third-order valence-electron chi connectivity index (χ3n) is 3.88. The first-order valence-electron chi connectivity index (χ1n) is 8.28. The topological polar surface area (TPSA) is 83.5 Å². The summed E-state index contributed by atoms with van der Waals surface area (Å²) in [6, 6.07) is 11.3. The molecule has 0 aliphatic heterocycles. The van der Waals surface area contributed by atoms with Crippen LogP contribution in [-0.4, -0.2) is 33.0 Å². The van der Waals surface area contributed by atoms with Crippen molar-refractivity contribution < 1.29 is 32.1 Å². The van der Waals surface area contributed by atoms with Crippen LogP contribution in [0.2, 0.25) is 0 Å². The molecule has 0 heterocycles. The maximum Gasteiger partial charge on any atom is 0.416 e. The molecule has 0 bridgehead atoms. The number of aliphatic carboxylic acids is 1. The van der Waals surface area contributed by atoms with Crippen LogP contribution in [0.4, 0.5) is 13.2 Å². The van der Waals surface area contributed by atoms with Gasteiger partial charge in [-0.25, -0.2) is 4.79 Å². The molecule has 0 saturated carbocycles. The molecule has 0 unspecified atom stereocenters. The third-order valence-corrected chi connectivity index (χ3v) is 5.28. The lowest BCUT2D eigenvalue weighted by Crippen LogP contribution is -2.42. The summed E-state index contributed by atoms with van der Waals surface area (Å²) in [5.74, 6) is -1.87. The fraction of sp³-hybridized carbons (Fsp3) is 0.263. The van der Waals surface area contributed by atoms with E-state index in [0.717, 1.165) is 12.1 Å². The lowest BCUT2D eigenvalue weighted by molar-refractivity contribution is -0.141. The molecular formula is C19H18F3NO4S. The lowest BCUT2D eigenvalue weighted by atomic mass is 10.1. The first-order valence-corrected chi connectivity index (χ1v) is 9.60. The molecule has 2 aromatic carbocycles. The van der Waals surface area contributed by atoms with Gasteiger partial charge in [-0.15, -0.1) is 0 Å². The summed E-state index contributed by atoms with van der Waals surface area (Å²) < 4.78 is 49.8. The number of nitrogens with one attached hydrogen (secondary N) is 1. The maximum atomic E-state index is 12.5. The van der Waals surface area contributed by atoms with Crippen molar-refractivity contribution in [2.45, 2.75) is 30.0 Å². The van der Waals surface area contributed by atoms with Gasteiger partial charge < -0.3 is 10.4 Å². The van der Waals surface area contributed by atoms with E-state index >= 15 is 0 Å². The average molecular weight is 413 g/mol. The summed E-state index contributed by atoms with van der Waals surface area (Å²) in [4.78, 5) is 24.0.